The van der Waals surface area contributed by atoms with Gasteiger partial charge in [0.05, 0.1) is 11.2 Å². The smallest absolute Gasteiger partial charge is 0.410 e. The van der Waals surface area contributed by atoms with Crippen LogP contribution in [-0.2, 0) is 15.1 Å². The maximum Gasteiger partial charge on any atom is 0.410 e. The average Bonchev–Trinajstić information content (AvgIpc) is 3.55. The minimum Gasteiger partial charge on any atom is -0.444 e. The van der Waals surface area contributed by atoms with Crippen LogP contribution in [0.1, 0.15) is 84.3 Å². The summed E-state index contributed by atoms with van der Waals surface area (Å²) in [4.78, 5) is 27.8. The molecule has 37 heavy (non-hydrogen) atoms. The van der Waals surface area contributed by atoms with E-state index in [-0.39, 0.29) is 17.4 Å². The lowest BCUT2D eigenvalue weighted by atomic mass is 9.79. The molecule has 7 nitrogen and oxygen atoms in total. The van der Waals surface area contributed by atoms with Gasteiger partial charge in [-0.3, -0.25) is 9.78 Å². The van der Waals surface area contributed by atoms with Crippen molar-refractivity contribution in [2.75, 3.05) is 18.4 Å². The first-order chi connectivity index (χ1) is 17.6. The highest BCUT2D eigenvalue weighted by Gasteiger charge is 2.33. The third-order valence-corrected chi connectivity index (χ3v) is 6.29. The number of hydrogen-bond donors (Lipinski definition) is 2. The number of nitrogens with one attached hydrogen (secondary N) is 1. The number of aromatic nitrogens is 1. The summed E-state index contributed by atoms with van der Waals surface area (Å²) in [6.07, 6.45) is 10.3. The Morgan fingerprint density at radius 3 is 2.30 bits per heavy atom. The van der Waals surface area contributed by atoms with Crippen molar-refractivity contribution in [3.05, 3.63) is 59.7 Å². The monoisotopic (exact) mass is 514 g/mol. The molecule has 1 saturated heterocycles. The number of carbonyl (C=O) groups is 2. The first-order valence-electron chi connectivity index (χ1n) is 13.3. The van der Waals surface area contributed by atoms with Gasteiger partial charge in [-0.05, 0) is 87.8 Å². The highest BCUT2D eigenvalue weighted by molar-refractivity contribution is 5.72. The molecule has 8 heteroatoms. The number of nitrogens with zero attached hydrogens (tertiary/aromatic N) is 2. The Labute approximate surface area is 221 Å². The molecule has 1 unspecified atom stereocenters. The van der Waals surface area contributed by atoms with E-state index in [1.165, 1.54) is 18.9 Å². The van der Waals surface area contributed by atoms with Crippen LogP contribution in [0.2, 0.25) is 0 Å². The van der Waals surface area contributed by atoms with Gasteiger partial charge >= 0.3 is 6.09 Å². The van der Waals surface area contributed by atoms with E-state index in [9.17, 15) is 14.0 Å². The Balaban J connectivity index is 0.000000291. The summed E-state index contributed by atoms with van der Waals surface area (Å²) in [5.41, 5.74) is 7.56. The molecule has 2 aliphatic rings. The molecule has 0 bridgehead atoms. The minimum absolute atomic E-state index is 0.146. The topological polar surface area (TPSA) is 97.6 Å². The number of nitrogens with two attached hydrogens (primary N) is 1. The van der Waals surface area contributed by atoms with Gasteiger partial charge in [0.1, 0.15) is 11.4 Å². The molecule has 1 aliphatic heterocycles. The van der Waals surface area contributed by atoms with Gasteiger partial charge in [-0.1, -0.05) is 32.8 Å². The Hall–Kier alpha value is -3.00. The second kappa shape index (κ2) is 14.1. The van der Waals surface area contributed by atoms with Crippen molar-refractivity contribution in [2.45, 2.75) is 84.3 Å². The van der Waals surface area contributed by atoms with Gasteiger partial charge < -0.3 is 20.7 Å². The van der Waals surface area contributed by atoms with E-state index < -0.39 is 11.4 Å². The normalized spacial score (nSPS) is 16.4. The summed E-state index contributed by atoms with van der Waals surface area (Å²) in [6, 6.07) is 8.45. The summed E-state index contributed by atoms with van der Waals surface area (Å²) in [7, 11) is 0. The number of ether oxygens (including phenoxy) is 1. The second-order valence-corrected chi connectivity index (χ2v) is 10.3. The Morgan fingerprint density at radius 2 is 1.76 bits per heavy atom. The van der Waals surface area contributed by atoms with Crippen molar-refractivity contribution in [3.63, 3.8) is 0 Å². The van der Waals surface area contributed by atoms with Gasteiger partial charge in [-0.25, -0.2) is 9.18 Å². The second-order valence-electron chi connectivity index (χ2n) is 10.3. The van der Waals surface area contributed by atoms with Crippen molar-refractivity contribution in [2.24, 2.45) is 11.7 Å². The average molecular weight is 515 g/mol. The molecule has 1 atom stereocenters. The van der Waals surface area contributed by atoms with Gasteiger partial charge in [0, 0.05) is 25.5 Å². The summed E-state index contributed by atoms with van der Waals surface area (Å²) >= 11 is 0. The maximum atomic E-state index is 13.8. The summed E-state index contributed by atoms with van der Waals surface area (Å²) < 4.78 is 19.0. The van der Waals surface area contributed by atoms with Crippen LogP contribution >= 0.6 is 0 Å². The fourth-order valence-electron chi connectivity index (χ4n) is 4.15. The molecular weight excluding hydrogens is 471 g/mol. The van der Waals surface area contributed by atoms with Gasteiger partial charge in [-0.15, -0.1) is 0 Å². The van der Waals surface area contributed by atoms with Crippen LogP contribution < -0.4 is 11.1 Å². The molecule has 2 aromatic rings. The lowest BCUT2D eigenvalue weighted by Crippen LogP contribution is -2.38. The predicted octanol–water partition coefficient (Wildman–Crippen LogP) is 6.23. The van der Waals surface area contributed by atoms with Crippen LogP contribution in [0.5, 0.6) is 0 Å². The Kier molecular flexibility index (Phi) is 11.5. The van der Waals surface area contributed by atoms with Gasteiger partial charge in [0.15, 0.2) is 0 Å². The van der Waals surface area contributed by atoms with Crippen molar-refractivity contribution in [3.8, 4) is 0 Å². The van der Waals surface area contributed by atoms with Crippen molar-refractivity contribution in [1.29, 1.82) is 0 Å². The molecule has 2 amide bonds. The lowest BCUT2D eigenvalue weighted by Gasteiger charge is -2.31. The molecule has 2 heterocycles. The first-order valence-corrected chi connectivity index (χ1v) is 13.3. The van der Waals surface area contributed by atoms with Crippen LogP contribution in [0.15, 0.2) is 42.7 Å². The Morgan fingerprint density at radius 1 is 1.14 bits per heavy atom. The van der Waals surface area contributed by atoms with Crippen molar-refractivity contribution < 1.29 is 18.7 Å². The number of halogens is 1. The predicted molar refractivity (Wildman–Crippen MR) is 146 cm³/mol. The van der Waals surface area contributed by atoms with Crippen LogP contribution in [0.3, 0.4) is 0 Å². The molecule has 0 radical (unpaired) electrons. The van der Waals surface area contributed by atoms with Crippen molar-refractivity contribution >= 4 is 18.2 Å². The molecule has 4 rings (SSSR count). The zero-order valence-electron chi connectivity index (χ0n) is 22.9. The van der Waals surface area contributed by atoms with E-state index in [0.29, 0.717) is 6.41 Å². The number of benzene rings is 1. The number of carbonyl (C=O) groups excluding carboxylic acids is 2. The zero-order valence-corrected chi connectivity index (χ0v) is 22.9. The molecule has 204 valence electrons. The molecule has 0 spiro atoms. The Bertz CT molecular complexity index is 986. The fraction of sp³-hybridized carbons (Fsp3) is 0.552. The molecule has 1 aromatic carbocycles. The number of anilines is 1. The number of rotatable bonds is 7. The number of hydrogen-bond acceptors (Lipinski definition) is 5. The molecular formula is C29H43FN4O3. The third kappa shape index (κ3) is 9.43. The van der Waals surface area contributed by atoms with Crippen LogP contribution in [0, 0.1) is 11.7 Å². The van der Waals surface area contributed by atoms with Gasteiger partial charge in [0.2, 0.25) is 6.41 Å². The molecule has 2 fully saturated rings. The third-order valence-electron chi connectivity index (χ3n) is 6.29. The van der Waals surface area contributed by atoms with Crippen molar-refractivity contribution in [1.82, 2.24) is 9.88 Å². The standard InChI is InChI=1S/C18H20FN3O.C9H17NO2.C2H6/c19-16-4-3-15(11-17(16)22-12-23)18(20,8-5-13-1-2-13)14-6-9-21-10-7-14;1-9(2,3)12-8(11)10-6-4-5-7-10;1-2/h3-4,6-7,9-13H,1-2,5,8,20H2,(H,22,23);4-7H2,1-3H3;1-2H3. The van der Waals surface area contributed by atoms with E-state index in [0.717, 1.165) is 55.8 Å². The van der Waals surface area contributed by atoms with E-state index in [4.69, 9.17) is 10.5 Å². The first kappa shape index (κ1) is 30.2. The quantitative estimate of drug-likeness (QED) is 0.427. The molecule has 1 saturated carbocycles. The lowest BCUT2D eigenvalue weighted by molar-refractivity contribution is -0.105. The van der Waals surface area contributed by atoms with Gasteiger partial charge in [0.25, 0.3) is 0 Å². The number of pyridine rings is 1. The van der Waals surface area contributed by atoms with E-state index in [2.05, 4.69) is 10.3 Å². The maximum absolute atomic E-state index is 13.8. The largest absolute Gasteiger partial charge is 0.444 e. The zero-order chi connectivity index (χ0) is 27.5. The minimum atomic E-state index is -0.724. The van der Waals surface area contributed by atoms with E-state index in [1.807, 2.05) is 46.8 Å². The summed E-state index contributed by atoms with van der Waals surface area (Å²) in [5.74, 6) is 0.271. The van der Waals surface area contributed by atoms with Gasteiger partial charge in [-0.2, -0.15) is 0 Å². The fourth-order valence-corrected chi connectivity index (χ4v) is 4.15. The van der Waals surface area contributed by atoms with E-state index in [1.54, 1.807) is 29.4 Å². The number of likely N-dealkylation sites (tertiary alicyclic amines) is 1. The highest BCUT2D eigenvalue weighted by atomic mass is 19.1. The van der Waals surface area contributed by atoms with Crippen LogP contribution in [0.4, 0.5) is 14.9 Å². The number of amides is 2. The molecule has 1 aromatic heterocycles. The van der Waals surface area contributed by atoms with Crippen LogP contribution in [-0.4, -0.2) is 41.1 Å². The highest BCUT2D eigenvalue weighted by Crippen LogP contribution is 2.40. The molecule has 3 N–H and O–H groups in total. The summed E-state index contributed by atoms with van der Waals surface area (Å²) in [6.45, 7) is 11.4. The summed E-state index contributed by atoms with van der Waals surface area (Å²) in [5, 5.41) is 2.39. The molecule has 1 aliphatic carbocycles. The van der Waals surface area contributed by atoms with E-state index >= 15 is 0 Å². The SMILES string of the molecule is CC.CC(C)(C)OC(=O)N1CCCC1.NC(CCC1CC1)(c1ccncc1)c1ccc(F)c(NC=O)c1. The van der Waals surface area contributed by atoms with Crippen LogP contribution in [0.25, 0.3) is 0 Å².